The van der Waals surface area contributed by atoms with Gasteiger partial charge in [-0.15, -0.1) is 0 Å². The maximum atomic E-state index is 13.0. The zero-order valence-electron chi connectivity index (χ0n) is 17.0. The van der Waals surface area contributed by atoms with Gasteiger partial charge in [-0.25, -0.2) is 0 Å². The quantitative estimate of drug-likeness (QED) is 0.378. The van der Waals surface area contributed by atoms with Crippen molar-refractivity contribution in [3.05, 3.63) is 57.3 Å². The lowest BCUT2D eigenvalue weighted by atomic mass is 9.96. The van der Waals surface area contributed by atoms with E-state index in [0.717, 1.165) is 0 Å². The minimum Gasteiger partial charge on any atom is -0.507 e. The maximum Gasteiger partial charge on any atom is 0.295 e. The number of ether oxygens (including phenoxy) is 3. The molecule has 1 fully saturated rings. The molecule has 0 spiro atoms. The van der Waals surface area contributed by atoms with Crippen molar-refractivity contribution >= 4 is 40.7 Å². The lowest BCUT2D eigenvalue weighted by Crippen LogP contribution is -2.32. The van der Waals surface area contributed by atoms with Gasteiger partial charge < -0.3 is 24.2 Å². The number of hydrogen-bond donors (Lipinski definition) is 1. The van der Waals surface area contributed by atoms with Crippen molar-refractivity contribution < 1.29 is 28.9 Å². The van der Waals surface area contributed by atoms with Crippen LogP contribution in [0.3, 0.4) is 0 Å². The Balaban J connectivity index is 2.27. The summed E-state index contributed by atoms with van der Waals surface area (Å²) in [7, 11) is 4.22. The third-order valence-corrected chi connectivity index (χ3v) is 5.50. The molecule has 3 rings (SSSR count). The standard InChI is InChI=1S/C21H20Cl2N2O6/c1-29-8-7-25-16(11-5-4-6-24-10-11)14(18(27)21(25)28)17(26)12-9-13(22)20(31-3)15(23)19(12)30-2/h4-6,9-10,16,26H,7-8H2,1-3H3/b17-14+. The molecule has 1 saturated heterocycles. The predicted molar refractivity (Wildman–Crippen MR) is 115 cm³/mol. The molecular weight excluding hydrogens is 447 g/mol. The highest BCUT2D eigenvalue weighted by Gasteiger charge is 2.46. The number of carbonyl (C=O) groups excluding carboxylic acids is 2. The molecule has 8 nitrogen and oxygen atoms in total. The third kappa shape index (κ3) is 4.06. The molecule has 1 aliphatic rings. The first-order chi connectivity index (χ1) is 14.9. The van der Waals surface area contributed by atoms with Crippen LogP contribution in [-0.2, 0) is 14.3 Å². The van der Waals surface area contributed by atoms with E-state index in [4.69, 9.17) is 37.4 Å². The molecule has 0 bridgehead atoms. The number of pyridine rings is 1. The highest BCUT2D eigenvalue weighted by molar-refractivity contribution is 6.47. The lowest BCUT2D eigenvalue weighted by molar-refractivity contribution is -0.140. The molecular formula is C21H20Cl2N2O6. The fourth-order valence-corrected chi connectivity index (χ4v) is 4.16. The molecule has 0 saturated carbocycles. The lowest BCUT2D eigenvalue weighted by Gasteiger charge is -2.25. The van der Waals surface area contributed by atoms with Crippen LogP contribution in [0.5, 0.6) is 11.5 Å². The number of likely N-dealkylation sites (tertiary alicyclic amines) is 1. The summed E-state index contributed by atoms with van der Waals surface area (Å²) < 4.78 is 15.6. The minimum absolute atomic E-state index is 0.0191. The van der Waals surface area contributed by atoms with Crippen LogP contribution in [0.15, 0.2) is 36.2 Å². The summed E-state index contributed by atoms with van der Waals surface area (Å²) in [6, 6.07) is 3.87. The largest absolute Gasteiger partial charge is 0.507 e. The average molecular weight is 467 g/mol. The number of methoxy groups -OCH3 is 3. The average Bonchev–Trinajstić information content (AvgIpc) is 3.02. The summed E-state index contributed by atoms with van der Waals surface area (Å²) in [5, 5.41) is 11.3. The number of carbonyl (C=O) groups is 2. The van der Waals surface area contributed by atoms with Crippen LogP contribution >= 0.6 is 23.2 Å². The van der Waals surface area contributed by atoms with Crippen LogP contribution in [0.4, 0.5) is 0 Å². The van der Waals surface area contributed by atoms with Crippen LogP contribution in [-0.4, -0.2) is 61.2 Å². The Labute approximate surface area is 188 Å². The smallest absolute Gasteiger partial charge is 0.295 e. The van der Waals surface area contributed by atoms with Gasteiger partial charge in [-0.2, -0.15) is 0 Å². The highest BCUT2D eigenvalue weighted by atomic mass is 35.5. The van der Waals surface area contributed by atoms with Crippen molar-refractivity contribution in [3.63, 3.8) is 0 Å². The number of rotatable bonds is 7. The van der Waals surface area contributed by atoms with Crippen LogP contribution in [0.25, 0.3) is 5.76 Å². The van der Waals surface area contributed by atoms with E-state index >= 15 is 0 Å². The Morgan fingerprint density at radius 3 is 2.48 bits per heavy atom. The van der Waals surface area contributed by atoms with Crippen molar-refractivity contribution in [2.75, 3.05) is 34.5 Å². The number of amides is 1. The molecule has 0 aliphatic carbocycles. The number of nitrogens with zero attached hydrogens (tertiary/aromatic N) is 2. The molecule has 31 heavy (non-hydrogen) atoms. The van der Waals surface area contributed by atoms with Gasteiger partial charge in [-0.1, -0.05) is 29.3 Å². The summed E-state index contributed by atoms with van der Waals surface area (Å²) in [5.74, 6) is -1.89. The number of ketones is 1. The molecule has 1 aliphatic heterocycles. The molecule has 2 aromatic rings. The van der Waals surface area contributed by atoms with Gasteiger partial charge >= 0.3 is 0 Å². The Kier molecular flexibility index (Phi) is 7.04. The predicted octanol–water partition coefficient (Wildman–Crippen LogP) is 3.47. The van der Waals surface area contributed by atoms with E-state index in [1.54, 1.807) is 18.3 Å². The SMILES string of the molecule is COCCN1C(=O)C(=O)/C(=C(/O)c2cc(Cl)c(OC)c(Cl)c2OC)C1c1cccnc1. The van der Waals surface area contributed by atoms with E-state index < -0.39 is 23.5 Å². The number of benzene rings is 1. The number of Topliss-reactive ketones (excluding diaryl/α,β-unsaturated/α-hetero) is 1. The highest BCUT2D eigenvalue weighted by Crippen LogP contribution is 2.47. The van der Waals surface area contributed by atoms with Gasteiger partial charge in [0.05, 0.1) is 43.0 Å². The van der Waals surface area contributed by atoms with Crippen molar-refractivity contribution in [1.82, 2.24) is 9.88 Å². The molecule has 2 heterocycles. The van der Waals surface area contributed by atoms with Crippen LogP contribution < -0.4 is 9.47 Å². The topological polar surface area (TPSA) is 98.2 Å². The van der Waals surface area contributed by atoms with E-state index in [1.165, 1.54) is 38.5 Å². The summed E-state index contributed by atoms with van der Waals surface area (Å²) >= 11 is 12.6. The molecule has 1 N–H and O–H groups in total. The van der Waals surface area contributed by atoms with Gasteiger partial charge in [0, 0.05) is 26.0 Å². The first-order valence-corrected chi connectivity index (χ1v) is 9.90. The van der Waals surface area contributed by atoms with Crippen LogP contribution in [0.1, 0.15) is 17.2 Å². The Morgan fingerprint density at radius 2 is 1.90 bits per heavy atom. The molecule has 1 amide bonds. The molecule has 1 aromatic carbocycles. The second-order valence-corrected chi connectivity index (χ2v) is 7.34. The third-order valence-electron chi connectivity index (χ3n) is 4.87. The van der Waals surface area contributed by atoms with Gasteiger partial charge in [0.1, 0.15) is 10.8 Å². The van der Waals surface area contributed by atoms with E-state index in [-0.39, 0.29) is 45.8 Å². The first-order valence-electron chi connectivity index (χ1n) is 9.14. The second-order valence-electron chi connectivity index (χ2n) is 6.56. The van der Waals surface area contributed by atoms with Gasteiger partial charge in [-0.05, 0) is 17.7 Å². The fraction of sp³-hybridized carbons (Fsp3) is 0.286. The maximum absolute atomic E-state index is 13.0. The fourth-order valence-electron chi connectivity index (χ4n) is 3.48. The van der Waals surface area contributed by atoms with E-state index in [9.17, 15) is 14.7 Å². The molecule has 0 radical (unpaired) electrons. The molecule has 1 unspecified atom stereocenters. The Hall–Kier alpha value is -2.81. The minimum atomic E-state index is -0.881. The van der Waals surface area contributed by atoms with E-state index in [0.29, 0.717) is 5.56 Å². The second kappa shape index (κ2) is 9.55. The summed E-state index contributed by atoms with van der Waals surface area (Å²) in [4.78, 5) is 31.2. The van der Waals surface area contributed by atoms with Crippen molar-refractivity contribution in [1.29, 1.82) is 0 Å². The van der Waals surface area contributed by atoms with Crippen LogP contribution in [0, 0.1) is 0 Å². The van der Waals surface area contributed by atoms with Crippen LogP contribution in [0.2, 0.25) is 10.0 Å². The number of aliphatic hydroxyl groups excluding tert-OH is 1. The van der Waals surface area contributed by atoms with Gasteiger partial charge in [0.15, 0.2) is 11.5 Å². The Morgan fingerprint density at radius 1 is 1.19 bits per heavy atom. The first kappa shape index (κ1) is 22.9. The number of aromatic nitrogens is 1. The van der Waals surface area contributed by atoms with Gasteiger partial charge in [0.2, 0.25) is 0 Å². The zero-order valence-corrected chi connectivity index (χ0v) is 18.5. The van der Waals surface area contributed by atoms with E-state index in [2.05, 4.69) is 4.98 Å². The van der Waals surface area contributed by atoms with Gasteiger partial charge in [-0.3, -0.25) is 14.6 Å². The zero-order chi connectivity index (χ0) is 22.7. The van der Waals surface area contributed by atoms with Crippen molar-refractivity contribution in [2.24, 2.45) is 0 Å². The normalized spacial score (nSPS) is 17.8. The summed E-state index contributed by atoms with van der Waals surface area (Å²) in [6.45, 7) is 0.339. The molecule has 10 heteroatoms. The molecule has 164 valence electrons. The number of halogens is 2. The molecule has 1 atom stereocenters. The summed E-state index contributed by atoms with van der Waals surface area (Å²) in [5.41, 5.74) is 0.464. The van der Waals surface area contributed by atoms with Crippen molar-refractivity contribution in [3.8, 4) is 11.5 Å². The molecule has 1 aromatic heterocycles. The van der Waals surface area contributed by atoms with Gasteiger partial charge in [0.25, 0.3) is 11.7 Å². The van der Waals surface area contributed by atoms with E-state index in [1.807, 2.05) is 0 Å². The number of hydrogen-bond acceptors (Lipinski definition) is 7. The van der Waals surface area contributed by atoms with Crippen molar-refractivity contribution in [2.45, 2.75) is 6.04 Å². The monoisotopic (exact) mass is 466 g/mol. The number of aliphatic hydroxyl groups is 1. The Bertz CT molecular complexity index is 1040. The summed E-state index contributed by atoms with van der Waals surface area (Å²) in [6.07, 6.45) is 3.09.